The summed E-state index contributed by atoms with van der Waals surface area (Å²) < 4.78 is 0. The maximum absolute atomic E-state index is 12.7. The highest BCUT2D eigenvalue weighted by Crippen LogP contribution is 2.33. The first-order chi connectivity index (χ1) is 13.5. The molecule has 4 heterocycles. The quantitative estimate of drug-likeness (QED) is 0.429. The summed E-state index contributed by atoms with van der Waals surface area (Å²) in [5, 5.41) is 8.29. The van der Waals surface area contributed by atoms with Crippen LogP contribution in [0, 0.1) is 0 Å². The first-order valence-corrected chi connectivity index (χ1v) is 10.3. The van der Waals surface area contributed by atoms with Gasteiger partial charge in [-0.05, 0) is 23.4 Å². The largest absolute Gasteiger partial charge is 0.344 e. The summed E-state index contributed by atoms with van der Waals surface area (Å²) in [6.07, 6.45) is 0.492. The smallest absolute Gasteiger partial charge is 0.293 e. The number of Topliss-reactive ketones (excluding diaryl/α,β-unsaturated/α-hetero) is 1. The van der Waals surface area contributed by atoms with Gasteiger partial charge in [-0.2, -0.15) is 0 Å². The van der Waals surface area contributed by atoms with E-state index in [1.165, 1.54) is 27.6 Å². The topological polar surface area (TPSA) is 113 Å². The zero-order chi connectivity index (χ0) is 19.8. The summed E-state index contributed by atoms with van der Waals surface area (Å²) in [5.74, 6) is -2.34. The molecule has 0 spiro atoms. The summed E-state index contributed by atoms with van der Waals surface area (Å²) >= 11 is 2.53. The second-order valence-electron chi connectivity index (χ2n) is 6.44. The van der Waals surface area contributed by atoms with Gasteiger partial charge in [-0.15, -0.1) is 22.7 Å². The lowest BCUT2D eigenvalue weighted by atomic mass is 10.0. The van der Waals surface area contributed by atoms with Crippen molar-refractivity contribution in [3.05, 3.63) is 43.8 Å². The molecule has 0 bridgehead atoms. The fourth-order valence-corrected chi connectivity index (χ4v) is 4.95. The van der Waals surface area contributed by atoms with Crippen molar-refractivity contribution >= 4 is 52.1 Å². The van der Waals surface area contributed by atoms with Gasteiger partial charge < -0.3 is 10.2 Å². The standard InChI is InChI=1S/C18H15N3O5S2/c22-14-4-3-11(16(24)20-14)21-7-9-10(18(21)26)8-28-13(9)6-19-17(25)15(23)12-2-1-5-27-12/h1-2,5,8,11H,3-4,6-7H2,(H,19,25)(H,20,22,24). The summed E-state index contributed by atoms with van der Waals surface area (Å²) in [6.45, 7) is 0.375. The van der Waals surface area contributed by atoms with E-state index >= 15 is 0 Å². The van der Waals surface area contributed by atoms with Crippen LogP contribution in [0.2, 0.25) is 0 Å². The van der Waals surface area contributed by atoms with Crippen molar-refractivity contribution in [2.75, 3.05) is 0 Å². The molecule has 2 aliphatic heterocycles. The summed E-state index contributed by atoms with van der Waals surface area (Å²) in [7, 11) is 0. The van der Waals surface area contributed by atoms with E-state index in [1.54, 1.807) is 22.9 Å². The Bertz CT molecular complexity index is 995. The second kappa shape index (κ2) is 7.28. The molecule has 28 heavy (non-hydrogen) atoms. The minimum absolute atomic E-state index is 0.131. The normalized spacial score (nSPS) is 18.8. The van der Waals surface area contributed by atoms with Gasteiger partial charge in [0.15, 0.2) is 0 Å². The van der Waals surface area contributed by atoms with Crippen molar-refractivity contribution in [2.24, 2.45) is 0 Å². The lowest BCUT2D eigenvalue weighted by Crippen LogP contribution is -2.52. The third-order valence-electron chi connectivity index (χ3n) is 4.75. The van der Waals surface area contributed by atoms with Crippen LogP contribution in [0.5, 0.6) is 0 Å². The van der Waals surface area contributed by atoms with Gasteiger partial charge in [-0.3, -0.25) is 29.3 Å². The van der Waals surface area contributed by atoms with Gasteiger partial charge in [-0.1, -0.05) is 6.07 Å². The third kappa shape index (κ3) is 3.25. The van der Waals surface area contributed by atoms with E-state index in [4.69, 9.17) is 0 Å². The summed E-state index contributed by atoms with van der Waals surface area (Å²) in [6, 6.07) is 2.61. The number of rotatable bonds is 5. The zero-order valence-corrected chi connectivity index (χ0v) is 16.2. The van der Waals surface area contributed by atoms with Gasteiger partial charge in [0.05, 0.1) is 17.0 Å². The molecule has 1 saturated heterocycles. The number of nitrogens with one attached hydrogen (secondary N) is 2. The van der Waals surface area contributed by atoms with E-state index in [1.807, 2.05) is 0 Å². The van der Waals surface area contributed by atoms with E-state index in [0.717, 1.165) is 10.4 Å². The SMILES string of the molecule is O=C1CCC(N2Cc3c(csc3CNC(=O)C(=O)c3cccs3)C2=O)C(=O)N1. The molecule has 4 amide bonds. The molecule has 2 aromatic heterocycles. The number of ketones is 1. The molecule has 0 saturated carbocycles. The Labute approximate surface area is 167 Å². The Hall–Kier alpha value is -2.85. The van der Waals surface area contributed by atoms with Crippen LogP contribution in [-0.4, -0.2) is 40.4 Å². The van der Waals surface area contributed by atoms with Gasteiger partial charge in [0.25, 0.3) is 17.6 Å². The first-order valence-electron chi connectivity index (χ1n) is 8.55. The molecule has 8 nitrogen and oxygen atoms in total. The molecule has 4 rings (SSSR count). The third-order valence-corrected chi connectivity index (χ3v) is 6.64. The Balaban J connectivity index is 1.44. The molecule has 1 unspecified atom stereocenters. The number of carbonyl (C=O) groups is 5. The molecule has 0 aliphatic carbocycles. The number of nitrogens with zero attached hydrogens (tertiary/aromatic N) is 1. The number of imide groups is 1. The number of hydrogen-bond donors (Lipinski definition) is 2. The zero-order valence-electron chi connectivity index (χ0n) is 14.5. The molecule has 1 atom stereocenters. The maximum Gasteiger partial charge on any atom is 0.293 e. The Kier molecular flexibility index (Phi) is 4.82. The Morgan fingerprint density at radius 1 is 1.25 bits per heavy atom. The molecular formula is C18H15N3O5S2. The Morgan fingerprint density at radius 3 is 2.79 bits per heavy atom. The van der Waals surface area contributed by atoms with Crippen molar-refractivity contribution in [1.29, 1.82) is 0 Å². The molecular weight excluding hydrogens is 402 g/mol. The highest BCUT2D eigenvalue weighted by Gasteiger charge is 2.40. The molecule has 2 aromatic rings. The monoisotopic (exact) mass is 417 g/mol. The van der Waals surface area contributed by atoms with Gasteiger partial charge in [0.2, 0.25) is 11.8 Å². The maximum atomic E-state index is 12.7. The average Bonchev–Trinajstić information content (AvgIpc) is 3.39. The van der Waals surface area contributed by atoms with Crippen LogP contribution in [0.3, 0.4) is 0 Å². The second-order valence-corrected chi connectivity index (χ2v) is 8.35. The van der Waals surface area contributed by atoms with Crippen molar-refractivity contribution in [3.8, 4) is 0 Å². The van der Waals surface area contributed by atoms with E-state index in [-0.39, 0.29) is 31.3 Å². The molecule has 2 aliphatic rings. The van der Waals surface area contributed by atoms with Crippen LogP contribution >= 0.6 is 22.7 Å². The molecule has 0 radical (unpaired) electrons. The van der Waals surface area contributed by atoms with Gasteiger partial charge in [0.1, 0.15) is 6.04 Å². The number of thiophene rings is 2. The average molecular weight is 417 g/mol. The van der Waals surface area contributed by atoms with Crippen molar-refractivity contribution in [2.45, 2.75) is 32.0 Å². The van der Waals surface area contributed by atoms with Crippen molar-refractivity contribution < 1.29 is 24.0 Å². The van der Waals surface area contributed by atoms with Crippen LogP contribution in [0.25, 0.3) is 0 Å². The fraction of sp³-hybridized carbons (Fsp3) is 0.278. The van der Waals surface area contributed by atoms with Crippen LogP contribution in [0.15, 0.2) is 22.9 Å². The van der Waals surface area contributed by atoms with E-state index in [9.17, 15) is 24.0 Å². The number of carbonyl (C=O) groups excluding carboxylic acids is 5. The van der Waals surface area contributed by atoms with E-state index in [2.05, 4.69) is 10.6 Å². The predicted molar refractivity (Wildman–Crippen MR) is 101 cm³/mol. The van der Waals surface area contributed by atoms with E-state index in [0.29, 0.717) is 16.9 Å². The van der Waals surface area contributed by atoms with E-state index < -0.39 is 23.6 Å². The van der Waals surface area contributed by atoms with Crippen LogP contribution in [-0.2, 0) is 27.5 Å². The summed E-state index contributed by atoms with van der Waals surface area (Å²) in [5.41, 5.74) is 1.26. The molecule has 2 N–H and O–H groups in total. The fourth-order valence-electron chi connectivity index (χ4n) is 3.31. The van der Waals surface area contributed by atoms with Crippen LogP contribution < -0.4 is 10.6 Å². The number of fused-ring (bicyclic) bond motifs is 1. The molecule has 10 heteroatoms. The van der Waals surface area contributed by atoms with Crippen LogP contribution in [0.1, 0.15) is 43.3 Å². The number of amides is 4. The lowest BCUT2D eigenvalue weighted by molar-refractivity contribution is -0.136. The minimum atomic E-state index is -0.698. The van der Waals surface area contributed by atoms with Crippen molar-refractivity contribution in [3.63, 3.8) is 0 Å². The van der Waals surface area contributed by atoms with Gasteiger partial charge in [-0.25, -0.2) is 0 Å². The minimum Gasteiger partial charge on any atom is -0.344 e. The Morgan fingerprint density at radius 2 is 2.07 bits per heavy atom. The van der Waals surface area contributed by atoms with Crippen molar-refractivity contribution in [1.82, 2.24) is 15.5 Å². The van der Waals surface area contributed by atoms with Gasteiger partial charge >= 0.3 is 0 Å². The summed E-state index contributed by atoms with van der Waals surface area (Å²) in [4.78, 5) is 62.8. The van der Waals surface area contributed by atoms with Crippen LogP contribution in [0.4, 0.5) is 0 Å². The van der Waals surface area contributed by atoms with Gasteiger partial charge in [0, 0.05) is 23.2 Å². The number of piperidine rings is 1. The lowest BCUT2D eigenvalue weighted by Gasteiger charge is -2.29. The predicted octanol–water partition coefficient (Wildman–Crippen LogP) is 1.07. The molecule has 144 valence electrons. The highest BCUT2D eigenvalue weighted by molar-refractivity contribution is 7.13. The molecule has 1 fully saturated rings. The highest BCUT2D eigenvalue weighted by atomic mass is 32.1. The number of hydrogen-bond acceptors (Lipinski definition) is 7. The first kappa shape index (κ1) is 18.5. The molecule has 0 aromatic carbocycles.